The van der Waals surface area contributed by atoms with E-state index >= 15 is 0 Å². The number of hydrogen-bond donors (Lipinski definition) is 1. The summed E-state index contributed by atoms with van der Waals surface area (Å²) < 4.78 is 5.89. The molecule has 2 heterocycles. The number of hydrogen-bond acceptors (Lipinski definition) is 5. The van der Waals surface area contributed by atoms with E-state index in [1.54, 1.807) is 11.3 Å². The molecule has 5 heteroatoms. The van der Waals surface area contributed by atoms with E-state index in [-0.39, 0.29) is 0 Å². The number of thiazole rings is 1. The van der Waals surface area contributed by atoms with Crippen LogP contribution in [-0.4, -0.2) is 23.1 Å². The highest BCUT2D eigenvalue weighted by Crippen LogP contribution is 2.18. The number of nitrogens with zero attached hydrogens (tertiary/aromatic N) is 2. The first-order chi connectivity index (χ1) is 9.70. The van der Waals surface area contributed by atoms with Gasteiger partial charge in [-0.1, -0.05) is 6.92 Å². The van der Waals surface area contributed by atoms with Crippen molar-refractivity contribution in [3.05, 3.63) is 39.6 Å². The van der Waals surface area contributed by atoms with Gasteiger partial charge in [-0.25, -0.2) is 4.98 Å². The van der Waals surface area contributed by atoms with Gasteiger partial charge in [-0.15, -0.1) is 11.3 Å². The second kappa shape index (κ2) is 7.36. The first kappa shape index (κ1) is 14.9. The van der Waals surface area contributed by atoms with Crippen LogP contribution in [0.5, 0.6) is 5.75 Å². The van der Waals surface area contributed by atoms with Crippen LogP contribution >= 0.6 is 11.3 Å². The van der Waals surface area contributed by atoms with E-state index in [9.17, 15) is 0 Å². The van der Waals surface area contributed by atoms with Crippen molar-refractivity contribution in [2.45, 2.75) is 33.7 Å². The zero-order chi connectivity index (χ0) is 14.4. The zero-order valence-corrected chi connectivity index (χ0v) is 13.1. The maximum atomic E-state index is 5.89. The Balaban J connectivity index is 1.96. The largest absolute Gasteiger partial charge is 0.491 e. The molecule has 108 valence electrons. The monoisotopic (exact) mass is 291 g/mol. The van der Waals surface area contributed by atoms with Crippen LogP contribution in [0, 0.1) is 13.8 Å². The van der Waals surface area contributed by atoms with Gasteiger partial charge in [-0.2, -0.15) is 0 Å². The molecule has 0 spiro atoms. The summed E-state index contributed by atoms with van der Waals surface area (Å²) in [4.78, 5) is 10.1. The molecule has 0 atom stereocenters. The number of aryl methyl sites for hydroxylation is 2. The van der Waals surface area contributed by atoms with Crippen LogP contribution < -0.4 is 10.1 Å². The molecule has 0 saturated heterocycles. The molecule has 0 aliphatic carbocycles. The first-order valence-electron chi connectivity index (χ1n) is 6.89. The second-order valence-electron chi connectivity index (χ2n) is 4.64. The number of rotatable bonds is 7. The predicted octanol–water partition coefficient (Wildman–Crippen LogP) is 2.89. The topological polar surface area (TPSA) is 47.0 Å². The van der Waals surface area contributed by atoms with Crippen molar-refractivity contribution in [3.63, 3.8) is 0 Å². The molecule has 1 N–H and O–H groups in total. The van der Waals surface area contributed by atoms with E-state index in [0.29, 0.717) is 6.61 Å². The minimum Gasteiger partial charge on any atom is -0.491 e. The van der Waals surface area contributed by atoms with Crippen LogP contribution in [0.1, 0.15) is 28.9 Å². The Labute approximate surface area is 124 Å². The van der Waals surface area contributed by atoms with Crippen LogP contribution in [0.25, 0.3) is 0 Å². The van der Waals surface area contributed by atoms with Gasteiger partial charge in [0.25, 0.3) is 0 Å². The molecule has 2 aromatic rings. The van der Waals surface area contributed by atoms with E-state index in [1.165, 1.54) is 4.88 Å². The lowest BCUT2D eigenvalue weighted by atomic mass is 10.2. The third-order valence-electron chi connectivity index (χ3n) is 3.05. The van der Waals surface area contributed by atoms with Crippen molar-refractivity contribution in [3.8, 4) is 5.75 Å². The van der Waals surface area contributed by atoms with Gasteiger partial charge < -0.3 is 10.1 Å². The quantitative estimate of drug-likeness (QED) is 0.852. The minimum atomic E-state index is 0.660. The molecule has 0 bridgehead atoms. The molecule has 2 rings (SSSR count). The summed E-state index contributed by atoms with van der Waals surface area (Å²) in [6, 6.07) is 4.00. The van der Waals surface area contributed by atoms with Gasteiger partial charge in [0.05, 0.1) is 23.5 Å². The molecular formula is C15H21N3OS. The normalized spacial score (nSPS) is 10.8. The Hall–Kier alpha value is -1.46. The van der Waals surface area contributed by atoms with Crippen LogP contribution in [-0.2, 0) is 13.0 Å². The van der Waals surface area contributed by atoms with Crippen LogP contribution in [0.4, 0.5) is 0 Å². The maximum absolute atomic E-state index is 5.89. The summed E-state index contributed by atoms with van der Waals surface area (Å²) in [6.07, 6.45) is 0.894. The van der Waals surface area contributed by atoms with E-state index < -0.39 is 0 Å². The van der Waals surface area contributed by atoms with Crippen LogP contribution in [0.3, 0.4) is 0 Å². The average Bonchev–Trinajstić information content (AvgIpc) is 2.84. The molecule has 0 aromatic carbocycles. The predicted molar refractivity (Wildman–Crippen MR) is 82.4 cm³/mol. The second-order valence-corrected chi connectivity index (χ2v) is 5.58. The van der Waals surface area contributed by atoms with Gasteiger partial charge in [0.15, 0.2) is 0 Å². The van der Waals surface area contributed by atoms with Gasteiger partial charge >= 0.3 is 0 Å². The van der Waals surface area contributed by atoms with Gasteiger partial charge in [0, 0.05) is 23.5 Å². The summed E-state index contributed by atoms with van der Waals surface area (Å²) in [6.45, 7) is 8.45. The number of ether oxygens (including phenoxy) is 1. The third-order valence-corrected chi connectivity index (χ3v) is 4.04. The smallest absolute Gasteiger partial charge is 0.142 e. The molecule has 20 heavy (non-hydrogen) atoms. The molecule has 0 saturated carbocycles. The lowest BCUT2D eigenvalue weighted by Gasteiger charge is -2.11. The Morgan fingerprint density at radius 2 is 2.15 bits per heavy atom. The van der Waals surface area contributed by atoms with Crippen molar-refractivity contribution in [2.75, 3.05) is 13.2 Å². The number of pyridine rings is 1. The van der Waals surface area contributed by atoms with Crippen molar-refractivity contribution in [2.24, 2.45) is 0 Å². The molecule has 0 radical (unpaired) electrons. The van der Waals surface area contributed by atoms with Crippen LogP contribution in [0.2, 0.25) is 0 Å². The summed E-state index contributed by atoms with van der Waals surface area (Å²) in [5.74, 6) is 0.874. The van der Waals surface area contributed by atoms with Crippen molar-refractivity contribution < 1.29 is 4.74 Å². The Morgan fingerprint density at radius 3 is 2.85 bits per heavy atom. The lowest BCUT2D eigenvalue weighted by molar-refractivity contribution is 0.316. The zero-order valence-electron chi connectivity index (χ0n) is 12.3. The number of aromatic nitrogens is 2. The summed E-state index contributed by atoms with van der Waals surface area (Å²) in [7, 11) is 0. The lowest BCUT2D eigenvalue weighted by Crippen LogP contribution is -2.15. The molecular weight excluding hydrogens is 270 g/mol. The highest BCUT2D eigenvalue weighted by atomic mass is 32.1. The van der Waals surface area contributed by atoms with Crippen molar-refractivity contribution in [1.29, 1.82) is 0 Å². The summed E-state index contributed by atoms with van der Waals surface area (Å²) in [5.41, 5.74) is 4.99. The van der Waals surface area contributed by atoms with E-state index in [4.69, 9.17) is 4.74 Å². The summed E-state index contributed by atoms with van der Waals surface area (Å²) in [5, 5.41) is 3.29. The third kappa shape index (κ3) is 4.02. The highest BCUT2D eigenvalue weighted by molar-refractivity contribution is 7.09. The molecule has 0 fully saturated rings. The van der Waals surface area contributed by atoms with Crippen molar-refractivity contribution >= 4 is 11.3 Å². The fourth-order valence-corrected chi connectivity index (χ4v) is 2.68. The highest BCUT2D eigenvalue weighted by Gasteiger charge is 2.07. The Bertz CT molecular complexity index is 554. The van der Waals surface area contributed by atoms with Gasteiger partial charge in [-0.3, -0.25) is 4.98 Å². The van der Waals surface area contributed by atoms with Crippen LogP contribution in [0.15, 0.2) is 17.6 Å². The average molecular weight is 291 g/mol. The molecule has 0 unspecified atom stereocenters. The first-order valence-corrected chi connectivity index (χ1v) is 7.77. The number of nitrogens with one attached hydrogen (secondary N) is 1. The SMILES string of the molecule is CCNCc1nc(C)ccc1OCCc1scnc1C. The summed E-state index contributed by atoms with van der Waals surface area (Å²) >= 11 is 1.69. The van der Waals surface area contributed by atoms with E-state index in [2.05, 4.69) is 22.2 Å². The molecule has 0 aliphatic heterocycles. The standard InChI is InChI=1S/C15H21N3OS/c1-4-16-9-13-14(6-5-11(2)18-13)19-8-7-15-12(3)17-10-20-15/h5-6,10,16H,4,7-9H2,1-3H3. The Morgan fingerprint density at radius 1 is 1.30 bits per heavy atom. The maximum Gasteiger partial charge on any atom is 0.142 e. The fourth-order valence-electron chi connectivity index (χ4n) is 1.92. The van der Waals surface area contributed by atoms with Gasteiger partial charge in [-0.05, 0) is 32.5 Å². The van der Waals surface area contributed by atoms with Gasteiger partial charge in [0.1, 0.15) is 5.75 Å². The molecule has 2 aromatic heterocycles. The van der Waals surface area contributed by atoms with Gasteiger partial charge in [0.2, 0.25) is 0 Å². The fraction of sp³-hybridized carbons (Fsp3) is 0.467. The Kier molecular flexibility index (Phi) is 5.49. The molecule has 0 amide bonds. The van der Waals surface area contributed by atoms with Crippen molar-refractivity contribution in [1.82, 2.24) is 15.3 Å². The van der Waals surface area contributed by atoms with E-state index in [1.807, 2.05) is 31.5 Å². The van der Waals surface area contributed by atoms with E-state index in [0.717, 1.165) is 42.3 Å². The minimum absolute atomic E-state index is 0.660. The molecule has 0 aliphatic rings. The molecule has 4 nitrogen and oxygen atoms in total.